The van der Waals surface area contributed by atoms with E-state index < -0.39 is 0 Å². The first-order chi connectivity index (χ1) is 9.13. The molecule has 19 heavy (non-hydrogen) atoms. The largest absolute Gasteiger partial charge is 0.366 e. The van der Waals surface area contributed by atoms with Crippen molar-refractivity contribution in [3.05, 3.63) is 28.2 Å². The first-order valence-electron chi connectivity index (χ1n) is 7.00. The molecule has 1 heterocycles. The summed E-state index contributed by atoms with van der Waals surface area (Å²) < 4.78 is 1.22. The van der Waals surface area contributed by atoms with Gasteiger partial charge in [0.25, 0.3) is 0 Å². The molecular weight excluding hydrogens is 320 g/mol. The number of hydrogen-bond donors (Lipinski definition) is 1. The topological polar surface area (TPSA) is 15.3 Å². The molecule has 1 fully saturated rings. The second kappa shape index (κ2) is 7.00. The Bertz CT molecular complexity index is 425. The van der Waals surface area contributed by atoms with Gasteiger partial charge in [-0.25, -0.2) is 0 Å². The standard InChI is InChI=1S/C15H23BrN2S/c1-4-17-12(3)13-5-6-15(14(16)9-13)18-7-8-19-10-11(18)2/h5-6,9,11-12,17H,4,7-8,10H2,1-3H3. The van der Waals surface area contributed by atoms with Crippen LogP contribution in [0, 0.1) is 0 Å². The Kier molecular flexibility index (Phi) is 5.60. The summed E-state index contributed by atoms with van der Waals surface area (Å²) in [5, 5.41) is 3.46. The smallest absolute Gasteiger partial charge is 0.0513 e. The van der Waals surface area contributed by atoms with Gasteiger partial charge in [0, 0.05) is 34.6 Å². The van der Waals surface area contributed by atoms with Gasteiger partial charge in [0.2, 0.25) is 0 Å². The number of nitrogens with zero attached hydrogens (tertiary/aromatic N) is 1. The third-order valence-electron chi connectivity index (χ3n) is 3.66. The van der Waals surface area contributed by atoms with E-state index in [9.17, 15) is 0 Å². The number of anilines is 1. The molecule has 1 aliphatic heterocycles. The number of thioether (sulfide) groups is 1. The van der Waals surface area contributed by atoms with Crippen molar-refractivity contribution in [1.82, 2.24) is 5.32 Å². The van der Waals surface area contributed by atoms with E-state index in [4.69, 9.17) is 0 Å². The molecule has 0 aliphatic carbocycles. The number of benzene rings is 1. The van der Waals surface area contributed by atoms with Crippen LogP contribution in [0.3, 0.4) is 0 Å². The Hall–Kier alpha value is -0.190. The van der Waals surface area contributed by atoms with Gasteiger partial charge in [-0.15, -0.1) is 0 Å². The van der Waals surface area contributed by atoms with E-state index in [0.717, 1.165) is 13.1 Å². The molecule has 1 aromatic carbocycles. The fourth-order valence-electron chi connectivity index (χ4n) is 2.53. The normalized spacial score (nSPS) is 21.5. The van der Waals surface area contributed by atoms with Crippen LogP contribution in [-0.4, -0.2) is 30.6 Å². The molecule has 0 aromatic heterocycles. The molecule has 2 rings (SSSR count). The van der Waals surface area contributed by atoms with E-state index in [2.05, 4.69) is 76.9 Å². The maximum atomic E-state index is 3.75. The molecule has 0 amide bonds. The van der Waals surface area contributed by atoms with E-state index in [-0.39, 0.29) is 0 Å². The van der Waals surface area contributed by atoms with E-state index >= 15 is 0 Å². The molecule has 2 unspecified atom stereocenters. The van der Waals surface area contributed by atoms with Crippen molar-refractivity contribution in [2.75, 3.05) is 29.5 Å². The molecule has 1 saturated heterocycles. The van der Waals surface area contributed by atoms with Gasteiger partial charge in [-0.3, -0.25) is 0 Å². The fraction of sp³-hybridized carbons (Fsp3) is 0.600. The third kappa shape index (κ3) is 3.67. The zero-order chi connectivity index (χ0) is 13.8. The van der Waals surface area contributed by atoms with E-state index in [1.165, 1.54) is 27.2 Å². The Balaban J connectivity index is 2.18. The first kappa shape index (κ1) is 15.2. The van der Waals surface area contributed by atoms with Crippen molar-refractivity contribution < 1.29 is 0 Å². The molecular formula is C15H23BrN2S. The van der Waals surface area contributed by atoms with Gasteiger partial charge in [-0.05, 0) is 54.0 Å². The van der Waals surface area contributed by atoms with Gasteiger partial charge in [-0.1, -0.05) is 13.0 Å². The molecule has 2 nitrogen and oxygen atoms in total. The molecule has 0 radical (unpaired) electrons. The van der Waals surface area contributed by atoms with Crippen LogP contribution >= 0.6 is 27.7 Å². The number of nitrogens with one attached hydrogen (secondary N) is 1. The predicted molar refractivity (Wildman–Crippen MR) is 90.4 cm³/mol. The fourth-order valence-corrected chi connectivity index (χ4v) is 4.17. The van der Waals surface area contributed by atoms with Gasteiger partial charge in [-0.2, -0.15) is 11.8 Å². The van der Waals surface area contributed by atoms with E-state index in [1.807, 2.05) is 0 Å². The Labute approximate surface area is 129 Å². The zero-order valence-corrected chi connectivity index (χ0v) is 14.4. The molecule has 2 atom stereocenters. The molecule has 106 valence electrons. The van der Waals surface area contributed by atoms with Crippen LogP contribution in [-0.2, 0) is 0 Å². The lowest BCUT2D eigenvalue weighted by atomic mass is 10.1. The van der Waals surface area contributed by atoms with Crippen LogP contribution in [0.25, 0.3) is 0 Å². The van der Waals surface area contributed by atoms with Gasteiger partial charge in [0.15, 0.2) is 0 Å². The zero-order valence-electron chi connectivity index (χ0n) is 11.9. The lowest BCUT2D eigenvalue weighted by molar-refractivity contribution is 0.597. The van der Waals surface area contributed by atoms with Crippen LogP contribution in [0.1, 0.15) is 32.4 Å². The summed E-state index contributed by atoms with van der Waals surface area (Å²) in [6.45, 7) is 8.82. The SMILES string of the molecule is CCNC(C)c1ccc(N2CCSCC2C)c(Br)c1. The highest BCUT2D eigenvalue weighted by Gasteiger charge is 2.21. The Morgan fingerprint density at radius 3 is 2.95 bits per heavy atom. The van der Waals surface area contributed by atoms with Gasteiger partial charge >= 0.3 is 0 Å². The summed E-state index contributed by atoms with van der Waals surface area (Å²) in [5.74, 6) is 2.45. The lowest BCUT2D eigenvalue weighted by Gasteiger charge is -2.36. The van der Waals surface area contributed by atoms with Crippen molar-refractivity contribution in [2.45, 2.75) is 32.9 Å². The summed E-state index contributed by atoms with van der Waals surface area (Å²) >= 11 is 5.81. The minimum atomic E-state index is 0.407. The summed E-state index contributed by atoms with van der Waals surface area (Å²) in [5.41, 5.74) is 2.68. The molecule has 0 bridgehead atoms. The maximum absolute atomic E-state index is 3.75. The average molecular weight is 343 g/mol. The third-order valence-corrected chi connectivity index (χ3v) is 5.48. The molecule has 1 N–H and O–H groups in total. The van der Waals surface area contributed by atoms with E-state index in [1.54, 1.807) is 0 Å². The highest BCUT2D eigenvalue weighted by molar-refractivity contribution is 9.10. The molecule has 1 aliphatic rings. The van der Waals surface area contributed by atoms with Crippen LogP contribution in [0.4, 0.5) is 5.69 Å². The van der Waals surface area contributed by atoms with Crippen molar-refractivity contribution in [2.24, 2.45) is 0 Å². The molecule has 1 aromatic rings. The van der Waals surface area contributed by atoms with Crippen molar-refractivity contribution >= 4 is 33.4 Å². The molecule has 0 saturated carbocycles. The first-order valence-corrected chi connectivity index (χ1v) is 8.95. The maximum Gasteiger partial charge on any atom is 0.0513 e. The second-order valence-electron chi connectivity index (χ2n) is 5.11. The lowest BCUT2D eigenvalue weighted by Crippen LogP contribution is -2.40. The average Bonchev–Trinajstić information content (AvgIpc) is 2.40. The van der Waals surface area contributed by atoms with Gasteiger partial charge in [0.1, 0.15) is 0 Å². The van der Waals surface area contributed by atoms with Crippen LogP contribution < -0.4 is 10.2 Å². The van der Waals surface area contributed by atoms with Crippen molar-refractivity contribution in [1.29, 1.82) is 0 Å². The number of hydrogen-bond acceptors (Lipinski definition) is 3. The van der Waals surface area contributed by atoms with Crippen molar-refractivity contribution in [3.8, 4) is 0 Å². The van der Waals surface area contributed by atoms with Gasteiger partial charge in [0.05, 0.1) is 5.69 Å². The van der Waals surface area contributed by atoms with Crippen LogP contribution in [0.2, 0.25) is 0 Å². The summed E-state index contributed by atoms with van der Waals surface area (Å²) in [6, 6.07) is 7.80. The quantitative estimate of drug-likeness (QED) is 0.888. The van der Waals surface area contributed by atoms with Crippen LogP contribution in [0.15, 0.2) is 22.7 Å². The van der Waals surface area contributed by atoms with Crippen molar-refractivity contribution in [3.63, 3.8) is 0 Å². The molecule has 0 spiro atoms. The predicted octanol–water partition coefficient (Wildman–Crippen LogP) is 4.06. The van der Waals surface area contributed by atoms with Gasteiger partial charge < -0.3 is 10.2 Å². The number of halogens is 1. The number of rotatable bonds is 4. The highest BCUT2D eigenvalue weighted by atomic mass is 79.9. The van der Waals surface area contributed by atoms with E-state index in [0.29, 0.717) is 12.1 Å². The van der Waals surface area contributed by atoms with Crippen LogP contribution in [0.5, 0.6) is 0 Å². The summed E-state index contributed by atoms with van der Waals surface area (Å²) in [4.78, 5) is 2.52. The summed E-state index contributed by atoms with van der Waals surface area (Å²) in [7, 11) is 0. The Morgan fingerprint density at radius 2 is 2.32 bits per heavy atom. The molecule has 4 heteroatoms. The highest BCUT2D eigenvalue weighted by Crippen LogP contribution is 2.32. The second-order valence-corrected chi connectivity index (χ2v) is 7.11. The summed E-state index contributed by atoms with van der Waals surface area (Å²) in [6.07, 6.45) is 0. The Morgan fingerprint density at radius 1 is 1.53 bits per heavy atom. The minimum Gasteiger partial charge on any atom is -0.366 e. The monoisotopic (exact) mass is 342 g/mol. The minimum absolute atomic E-state index is 0.407.